The Morgan fingerprint density at radius 3 is 2.36 bits per heavy atom. The molecule has 0 aromatic heterocycles. The third-order valence-electron chi connectivity index (χ3n) is 3.29. The Hall–Kier alpha value is -2.55. The minimum Gasteiger partial charge on any atom is -0.490 e. The highest BCUT2D eigenvalue weighted by Crippen LogP contribution is 2.35. The van der Waals surface area contributed by atoms with E-state index in [-0.39, 0.29) is 5.69 Å². The summed E-state index contributed by atoms with van der Waals surface area (Å²) >= 11 is 12.4. The van der Waals surface area contributed by atoms with E-state index in [1.54, 1.807) is 18.2 Å². The number of hydrogen-bond donors (Lipinski definition) is 0. The smallest absolute Gasteiger partial charge is 0.269 e. The number of rotatable bonds is 6. The molecule has 0 bridgehead atoms. The van der Waals surface area contributed by atoms with Crippen LogP contribution in [0.25, 0.3) is 11.6 Å². The number of nitro benzene ring substituents is 1. The molecule has 0 heterocycles. The zero-order valence-corrected chi connectivity index (χ0v) is 14.8. The Bertz CT molecular complexity index is 833. The fourth-order valence-corrected chi connectivity index (χ4v) is 2.73. The monoisotopic (exact) mass is 376 g/mol. The molecule has 5 nitrogen and oxygen atoms in total. The molecule has 2 rings (SSSR count). The Labute approximate surface area is 155 Å². The van der Waals surface area contributed by atoms with Gasteiger partial charge in [0, 0.05) is 12.1 Å². The van der Waals surface area contributed by atoms with Gasteiger partial charge in [-0.1, -0.05) is 30.1 Å². The van der Waals surface area contributed by atoms with Crippen molar-refractivity contribution >= 4 is 40.5 Å². The molecule has 0 radical (unpaired) electrons. The lowest BCUT2D eigenvalue weighted by Gasteiger charge is -2.10. The summed E-state index contributed by atoms with van der Waals surface area (Å²) in [6.45, 7) is 2.48. The van der Waals surface area contributed by atoms with E-state index in [0.29, 0.717) is 39.1 Å². The van der Waals surface area contributed by atoms with E-state index >= 15 is 0 Å². The molecule has 0 N–H and O–H groups in total. The summed E-state index contributed by atoms with van der Waals surface area (Å²) in [7, 11) is 0. The van der Waals surface area contributed by atoms with Crippen molar-refractivity contribution in [2.24, 2.45) is 0 Å². The van der Waals surface area contributed by atoms with Crippen molar-refractivity contribution in [1.82, 2.24) is 0 Å². The zero-order valence-electron chi connectivity index (χ0n) is 13.3. The van der Waals surface area contributed by atoms with Crippen molar-refractivity contribution in [2.75, 3.05) is 6.61 Å². The molecule has 0 aliphatic heterocycles. The fraction of sp³-hybridized carbons (Fsp3) is 0.167. The van der Waals surface area contributed by atoms with E-state index < -0.39 is 4.92 Å². The van der Waals surface area contributed by atoms with Crippen LogP contribution in [0.15, 0.2) is 36.4 Å². The van der Waals surface area contributed by atoms with Gasteiger partial charge in [-0.25, -0.2) is 0 Å². The summed E-state index contributed by atoms with van der Waals surface area (Å²) in [5.74, 6) is 0.413. The summed E-state index contributed by atoms with van der Waals surface area (Å²) in [5, 5.41) is 20.8. The molecule has 2 aromatic rings. The van der Waals surface area contributed by atoms with E-state index in [2.05, 4.69) is 6.07 Å². The minimum absolute atomic E-state index is 0.0374. The van der Waals surface area contributed by atoms with Crippen LogP contribution in [-0.4, -0.2) is 11.5 Å². The van der Waals surface area contributed by atoms with Crippen LogP contribution in [0, 0.1) is 21.4 Å². The summed E-state index contributed by atoms with van der Waals surface area (Å²) < 4.78 is 5.51. The van der Waals surface area contributed by atoms with Crippen molar-refractivity contribution in [3.63, 3.8) is 0 Å². The first-order valence-electron chi connectivity index (χ1n) is 7.44. The molecule has 128 valence electrons. The molecule has 0 spiro atoms. The predicted molar refractivity (Wildman–Crippen MR) is 98.8 cm³/mol. The zero-order chi connectivity index (χ0) is 18.4. The van der Waals surface area contributed by atoms with Gasteiger partial charge < -0.3 is 4.74 Å². The lowest BCUT2D eigenvalue weighted by atomic mass is 10.0. The second-order valence-corrected chi connectivity index (χ2v) is 5.95. The molecule has 0 saturated heterocycles. The van der Waals surface area contributed by atoms with E-state index in [1.807, 2.05) is 6.92 Å². The maximum atomic E-state index is 10.7. The number of benzene rings is 2. The number of hydrogen-bond acceptors (Lipinski definition) is 4. The van der Waals surface area contributed by atoms with Crippen LogP contribution in [-0.2, 0) is 0 Å². The van der Waals surface area contributed by atoms with Gasteiger partial charge in [-0.2, -0.15) is 5.26 Å². The number of nitrogens with zero attached hydrogens (tertiary/aromatic N) is 2. The van der Waals surface area contributed by atoms with Gasteiger partial charge in [0.25, 0.3) is 5.69 Å². The number of nitriles is 1. The maximum absolute atomic E-state index is 10.7. The number of nitro groups is 1. The first-order chi connectivity index (χ1) is 12.0. The second kappa shape index (κ2) is 8.52. The van der Waals surface area contributed by atoms with Gasteiger partial charge in [-0.3, -0.25) is 10.1 Å². The number of ether oxygens (including phenoxy) is 1. The van der Waals surface area contributed by atoms with Crippen LogP contribution in [0.3, 0.4) is 0 Å². The number of non-ortho nitro benzene ring substituents is 1. The standard InChI is InChI=1S/C18H14Cl2N2O3/c1-2-7-25-18-16(19)9-12(10-17(18)20)8-14(11-21)13-3-5-15(6-4-13)22(23)24/h3-6,8-10H,2,7H2,1H3/b14-8+. The molecular weight excluding hydrogens is 363 g/mol. The van der Waals surface area contributed by atoms with Gasteiger partial charge in [0.2, 0.25) is 0 Å². The molecule has 25 heavy (non-hydrogen) atoms. The molecule has 0 fully saturated rings. The van der Waals surface area contributed by atoms with Crippen LogP contribution in [0.1, 0.15) is 24.5 Å². The third-order valence-corrected chi connectivity index (χ3v) is 3.85. The topological polar surface area (TPSA) is 76.2 Å². The van der Waals surface area contributed by atoms with Crippen molar-refractivity contribution in [3.05, 3.63) is 67.7 Å². The van der Waals surface area contributed by atoms with Crippen LogP contribution in [0.2, 0.25) is 10.0 Å². The summed E-state index contributed by atoms with van der Waals surface area (Å²) in [6, 6.07) is 11.1. The fourth-order valence-electron chi connectivity index (χ4n) is 2.11. The van der Waals surface area contributed by atoms with Crippen LogP contribution < -0.4 is 4.74 Å². The largest absolute Gasteiger partial charge is 0.490 e. The summed E-state index contributed by atoms with van der Waals surface area (Å²) in [4.78, 5) is 10.2. The Kier molecular flexibility index (Phi) is 6.40. The number of halogens is 2. The normalized spacial score (nSPS) is 11.0. The SMILES string of the molecule is CCCOc1c(Cl)cc(/C=C(\C#N)c2ccc([N+](=O)[O-])cc2)cc1Cl. The van der Waals surface area contributed by atoms with Crippen LogP contribution in [0.5, 0.6) is 5.75 Å². The molecule has 0 amide bonds. The quantitative estimate of drug-likeness (QED) is 0.278. The van der Waals surface area contributed by atoms with Crippen molar-refractivity contribution < 1.29 is 9.66 Å². The Morgan fingerprint density at radius 1 is 1.28 bits per heavy atom. The van der Waals surface area contributed by atoms with Crippen LogP contribution in [0.4, 0.5) is 5.69 Å². The lowest BCUT2D eigenvalue weighted by molar-refractivity contribution is -0.384. The minimum atomic E-state index is -0.492. The summed E-state index contributed by atoms with van der Waals surface area (Å²) in [6.07, 6.45) is 2.44. The van der Waals surface area contributed by atoms with E-state index in [4.69, 9.17) is 27.9 Å². The van der Waals surface area contributed by atoms with Gasteiger partial charge in [0.1, 0.15) is 0 Å². The van der Waals surface area contributed by atoms with E-state index in [9.17, 15) is 15.4 Å². The lowest BCUT2D eigenvalue weighted by Crippen LogP contribution is -1.96. The highest BCUT2D eigenvalue weighted by Gasteiger charge is 2.11. The van der Waals surface area contributed by atoms with Gasteiger partial charge in [-0.05, 0) is 47.9 Å². The van der Waals surface area contributed by atoms with Gasteiger partial charge in [0.15, 0.2) is 5.75 Å². The average Bonchev–Trinajstić information content (AvgIpc) is 2.59. The molecule has 0 atom stereocenters. The average molecular weight is 377 g/mol. The maximum Gasteiger partial charge on any atom is 0.269 e. The molecular formula is C18H14Cl2N2O3. The predicted octanol–water partition coefficient (Wildman–Crippen LogP) is 5.75. The molecule has 7 heteroatoms. The Balaban J connectivity index is 2.36. The molecule has 0 saturated carbocycles. The molecule has 0 aliphatic rings. The van der Waals surface area contributed by atoms with Gasteiger partial charge >= 0.3 is 0 Å². The van der Waals surface area contributed by atoms with E-state index in [0.717, 1.165) is 6.42 Å². The van der Waals surface area contributed by atoms with Gasteiger partial charge in [0.05, 0.1) is 33.2 Å². The highest BCUT2D eigenvalue weighted by atomic mass is 35.5. The van der Waals surface area contributed by atoms with Crippen molar-refractivity contribution in [1.29, 1.82) is 5.26 Å². The second-order valence-electron chi connectivity index (χ2n) is 5.14. The highest BCUT2D eigenvalue weighted by molar-refractivity contribution is 6.37. The summed E-state index contributed by atoms with van der Waals surface area (Å²) in [5.41, 5.74) is 1.49. The number of allylic oxidation sites excluding steroid dienone is 1. The van der Waals surface area contributed by atoms with Crippen molar-refractivity contribution in [2.45, 2.75) is 13.3 Å². The first-order valence-corrected chi connectivity index (χ1v) is 8.20. The molecule has 0 unspecified atom stereocenters. The van der Waals surface area contributed by atoms with Gasteiger partial charge in [-0.15, -0.1) is 0 Å². The molecule has 2 aromatic carbocycles. The Morgan fingerprint density at radius 2 is 1.88 bits per heavy atom. The van der Waals surface area contributed by atoms with E-state index in [1.165, 1.54) is 24.3 Å². The molecule has 0 aliphatic carbocycles. The van der Waals surface area contributed by atoms with Crippen LogP contribution >= 0.6 is 23.2 Å². The van der Waals surface area contributed by atoms with Crippen molar-refractivity contribution in [3.8, 4) is 11.8 Å². The first kappa shape index (κ1) is 18.8. The third kappa shape index (κ3) is 4.72.